The zero-order valence-corrected chi connectivity index (χ0v) is 10.6. The number of benzene rings is 1. The molecule has 0 amide bonds. The second-order valence-corrected chi connectivity index (χ2v) is 4.34. The van der Waals surface area contributed by atoms with Gasteiger partial charge in [-0.25, -0.2) is 9.37 Å². The molecular formula is C13H12ClFN2O. The fraction of sp³-hybridized carbons (Fsp3) is 0.231. The topological polar surface area (TPSA) is 45.8 Å². The Labute approximate surface area is 109 Å². The number of aromatic nitrogens is 2. The Kier molecular flexibility index (Phi) is 3.77. The second-order valence-electron chi connectivity index (χ2n) is 3.93. The van der Waals surface area contributed by atoms with Crippen LogP contribution >= 0.6 is 11.6 Å². The Morgan fingerprint density at radius 1 is 1.44 bits per heavy atom. The van der Waals surface area contributed by atoms with Gasteiger partial charge in [-0.15, -0.1) is 0 Å². The first-order valence-corrected chi connectivity index (χ1v) is 6.03. The summed E-state index contributed by atoms with van der Waals surface area (Å²) in [5.74, 6) is -0.404. The van der Waals surface area contributed by atoms with Gasteiger partial charge in [0.05, 0.1) is 17.0 Å². The van der Waals surface area contributed by atoms with Crippen molar-refractivity contribution < 1.29 is 4.39 Å². The molecule has 2 aromatic rings. The Hall–Kier alpha value is -1.68. The summed E-state index contributed by atoms with van der Waals surface area (Å²) in [5, 5.41) is 0.381. The van der Waals surface area contributed by atoms with Crippen LogP contribution in [0.4, 0.5) is 4.39 Å². The van der Waals surface area contributed by atoms with Crippen LogP contribution in [0.5, 0.6) is 0 Å². The van der Waals surface area contributed by atoms with Gasteiger partial charge in [-0.1, -0.05) is 24.9 Å². The number of halogens is 2. The van der Waals surface area contributed by atoms with Crippen LogP contribution in [-0.2, 0) is 6.42 Å². The molecular weight excluding hydrogens is 255 g/mol. The van der Waals surface area contributed by atoms with Crippen molar-refractivity contribution in [3.63, 3.8) is 0 Å². The molecule has 1 aromatic carbocycles. The van der Waals surface area contributed by atoms with Gasteiger partial charge in [-0.2, -0.15) is 0 Å². The van der Waals surface area contributed by atoms with Crippen LogP contribution < -0.4 is 5.56 Å². The average Bonchev–Trinajstić information content (AvgIpc) is 2.35. The normalized spacial score (nSPS) is 10.6. The number of hydrogen-bond acceptors (Lipinski definition) is 2. The minimum absolute atomic E-state index is 0.206. The SMILES string of the molecule is CCCc1c(-c2cc(F)ccc2Cl)nc[nH]c1=O. The highest BCUT2D eigenvalue weighted by molar-refractivity contribution is 6.33. The molecule has 1 aromatic heterocycles. The van der Waals surface area contributed by atoms with E-state index < -0.39 is 5.82 Å². The molecule has 0 radical (unpaired) electrons. The number of nitrogens with zero attached hydrogens (tertiary/aromatic N) is 1. The molecule has 0 saturated heterocycles. The van der Waals surface area contributed by atoms with Crippen molar-refractivity contribution >= 4 is 11.6 Å². The monoisotopic (exact) mass is 266 g/mol. The molecule has 0 spiro atoms. The van der Waals surface area contributed by atoms with Gasteiger partial charge in [0, 0.05) is 11.1 Å². The molecule has 18 heavy (non-hydrogen) atoms. The quantitative estimate of drug-likeness (QED) is 0.927. The van der Waals surface area contributed by atoms with E-state index in [1.54, 1.807) is 0 Å². The third kappa shape index (κ3) is 2.43. The first-order chi connectivity index (χ1) is 8.63. The fourth-order valence-electron chi connectivity index (χ4n) is 1.82. The average molecular weight is 267 g/mol. The summed E-state index contributed by atoms with van der Waals surface area (Å²) in [6, 6.07) is 4.03. The van der Waals surface area contributed by atoms with Gasteiger partial charge in [0.1, 0.15) is 5.82 Å². The van der Waals surface area contributed by atoms with Gasteiger partial charge in [-0.05, 0) is 24.6 Å². The van der Waals surface area contributed by atoms with E-state index in [9.17, 15) is 9.18 Å². The molecule has 0 unspecified atom stereocenters. The van der Waals surface area contributed by atoms with E-state index in [1.165, 1.54) is 24.5 Å². The zero-order valence-electron chi connectivity index (χ0n) is 9.84. The summed E-state index contributed by atoms with van der Waals surface area (Å²) in [7, 11) is 0. The smallest absolute Gasteiger partial charge is 0.254 e. The predicted molar refractivity (Wildman–Crippen MR) is 69.3 cm³/mol. The molecule has 3 nitrogen and oxygen atoms in total. The van der Waals surface area contributed by atoms with Crippen LogP contribution in [0.3, 0.4) is 0 Å². The molecule has 1 N–H and O–H groups in total. The molecule has 0 atom stereocenters. The number of aromatic amines is 1. The Balaban J connectivity index is 2.67. The van der Waals surface area contributed by atoms with Crippen molar-refractivity contribution in [2.24, 2.45) is 0 Å². The van der Waals surface area contributed by atoms with Crippen molar-refractivity contribution in [2.75, 3.05) is 0 Å². The van der Waals surface area contributed by atoms with E-state index in [4.69, 9.17) is 11.6 Å². The van der Waals surface area contributed by atoms with E-state index in [2.05, 4.69) is 9.97 Å². The lowest BCUT2D eigenvalue weighted by Crippen LogP contribution is -2.15. The van der Waals surface area contributed by atoms with E-state index in [-0.39, 0.29) is 5.56 Å². The first kappa shape index (κ1) is 12.8. The van der Waals surface area contributed by atoms with Crippen molar-refractivity contribution in [1.29, 1.82) is 0 Å². The standard InChI is InChI=1S/C13H12ClFN2O/c1-2-3-9-12(16-7-17-13(9)18)10-6-8(15)4-5-11(10)14/h4-7H,2-3H2,1H3,(H,16,17,18). The molecule has 0 bridgehead atoms. The highest BCUT2D eigenvalue weighted by atomic mass is 35.5. The molecule has 2 rings (SSSR count). The lowest BCUT2D eigenvalue weighted by atomic mass is 10.0. The van der Waals surface area contributed by atoms with E-state index in [0.29, 0.717) is 28.3 Å². The van der Waals surface area contributed by atoms with Crippen molar-refractivity contribution in [3.05, 3.63) is 51.3 Å². The highest BCUT2D eigenvalue weighted by Gasteiger charge is 2.13. The number of hydrogen-bond donors (Lipinski definition) is 1. The van der Waals surface area contributed by atoms with Crippen LogP contribution in [0, 0.1) is 5.82 Å². The molecule has 1 heterocycles. The highest BCUT2D eigenvalue weighted by Crippen LogP contribution is 2.28. The zero-order chi connectivity index (χ0) is 13.1. The second kappa shape index (κ2) is 5.31. The fourth-order valence-corrected chi connectivity index (χ4v) is 2.03. The summed E-state index contributed by atoms with van der Waals surface area (Å²) < 4.78 is 13.3. The van der Waals surface area contributed by atoms with E-state index in [1.807, 2.05) is 6.92 Å². The largest absolute Gasteiger partial charge is 0.313 e. The minimum atomic E-state index is -0.404. The molecule has 0 saturated carbocycles. The van der Waals surface area contributed by atoms with Crippen LogP contribution in [0.15, 0.2) is 29.3 Å². The van der Waals surface area contributed by atoms with Gasteiger partial charge in [0.2, 0.25) is 0 Å². The minimum Gasteiger partial charge on any atom is -0.313 e. The van der Waals surface area contributed by atoms with Crippen LogP contribution in [0.2, 0.25) is 5.02 Å². The predicted octanol–water partition coefficient (Wildman–Crippen LogP) is 3.18. The van der Waals surface area contributed by atoms with Crippen LogP contribution in [0.25, 0.3) is 11.3 Å². The maximum Gasteiger partial charge on any atom is 0.254 e. The molecule has 0 aliphatic heterocycles. The third-order valence-corrected chi connectivity index (χ3v) is 2.96. The van der Waals surface area contributed by atoms with Crippen molar-refractivity contribution in [2.45, 2.75) is 19.8 Å². The molecule has 0 aliphatic carbocycles. The molecule has 0 fully saturated rings. The van der Waals surface area contributed by atoms with Crippen molar-refractivity contribution in [3.8, 4) is 11.3 Å². The van der Waals surface area contributed by atoms with Crippen LogP contribution in [0.1, 0.15) is 18.9 Å². The molecule has 94 valence electrons. The summed E-state index contributed by atoms with van der Waals surface area (Å²) >= 11 is 6.04. The summed E-state index contributed by atoms with van der Waals surface area (Å²) in [6.07, 6.45) is 2.68. The summed E-state index contributed by atoms with van der Waals surface area (Å²) in [5.41, 5.74) is 1.23. The lowest BCUT2D eigenvalue weighted by molar-refractivity contribution is 0.628. The van der Waals surface area contributed by atoms with E-state index >= 15 is 0 Å². The Morgan fingerprint density at radius 3 is 2.94 bits per heavy atom. The molecule has 5 heteroatoms. The van der Waals surface area contributed by atoms with Crippen LogP contribution in [-0.4, -0.2) is 9.97 Å². The Morgan fingerprint density at radius 2 is 2.22 bits per heavy atom. The van der Waals surface area contributed by atoms with Crippen molar-refractivity contribution in [1.82, 2.24) is 9.97 Å². The third-order valence-electron chi connectivity index (χ3n) is 2.63. The summed E-state index contributed by atoms with van der Waals surface area (Å²) in [6.45, 7) is 1.96. The first-order valence-electron chi connectivity index (χ1n) is 5.65. The number of H-pyrrole nitrogens is 1. The van der Waals surface area contributed by atoms with Gasteiger partial charge in [-0.3, -0.25) is 4.79 Å². The van der Waals surface area contributed by atoms with E-state index in [0.717, 1.165) is 6.42 Å². The lowest BCUT2D eigenvalue weighted by Gasteiger charge is -2.08. The number of rotatable bonds is 3. The Bertz CT molecular complexity index is 625. The van der Waals surface area contributed by atoms with Gasteiger partial charge in [0.25, 0.3) is 5.56 Å². The summed E-state index contributed by atoms with van der Waals surface area (Å²) in [4.78, 5) is 18.4. The van der Waals surface area contributed by atoms with Gasteiger partial charge >= 0.3 is 0 Å². The maximum atomic E-state index is 13.3. The van der Waals surface area contributed by atoms with Gasteiger partial charge < -0.3 is 4.98 Å². The molecule has 0 aliphatic rings. The van der Waals surface area contributed by atoms with Gasteiger partial charge in [0.15, 0.2) is 0 Å². The maximum absolute atomic E-state index is 13.3. The number of nitrogens with one attached hydrogen (secondary N) is 1.